The lowest BCUT2D eigenvalue weighted by molar-refractivity contribution is -0.149. The van der Waals surface area contributed by atoms with Gasteiger partial charge in [0.05, 0.1) is 5.92 Å². The molecule has 1 aliphatic carbocycles. The molecule has 2 aromatic carbocycles. The summed E-state index contributed by atoms with van der Waals surface area (Å²) >= 11 is 11.5. The maximum absolute atomic E-state index is 12.6. The second-order valence-corrected chi connectivity index (χ2v) is 8.22. The first kappa shape index (κ1) is 20.3. The third kappa shape index (κ3) is 4.49. The van der Waals surface area contributed by atoms with E-state index in [1.54, 1.807) is 30.3 Å². The van der Waals surface area contributed by atoms with Crippen molar-refractivity contribution in [3.05, 3.63) is 70.7 Å². The Morgan fingerprint density at radius 2 is 1.82 bits per heavy atom. The van der Waals surface area contributed by atoms with Crippen LogP contribution in [0.25, 0.3) is 0 Å². The van der Waals surface area contributed by atoms with E-state index in [0.29, 0.717) is 17.1 Å². The molecule has 0 spiro atoms. The minimum absolute atomic E-state index is 0.114. The van der Waals surface area contributed by atoms with Crippen LogP contribution in [0, 0.1) is 28.6 Å². The van der Waals surface area contributed by atoms with Crippen LogP contribution >= 0.6 is 23.2 Å². The summed E-state index contributed by atoms with van der Waals surface area (Å²) in [4.78, 5) is 12.6. The average molecular weight is 416 g/mol. The highest BCUT2D eigenvalue weighted by molar-refractivity contribution is 6.55. The lowest BCUT2D eigenvalue weighted by atomic mass is 10.1. The van der Waals surface area contributed by atoms with Crippen LogP contribution in [0.4, 0.5) is 0 Å². The van der Waals surface area contributed by atoms with Crippen LogP contribution < -0.4 is 4.74 Å². The summed E-state index contributed by atoms with van der Waals surface area (Å²) < 4.78 is 11.4. The minimum atomic E-state index is -1.03. The molecule has 2 aromatic rings. The Balaban J connectivity index is 1.72. The molecule has 4 nitrogen and oxygen atoms in total. The van der Waals surface area contributed by atoms with Gasteiger partial charge in [-0.2, -0.15) is 5.26 Å². The van der Waals surface area contributed by atoms with Crippen molar-refractivity contribution in [2.24, 2.45) is 17.3 Å². The number of hydrogen-bond donors (Lipinski definition) is 0. The largest absolute Gasteiger partial charge is 0.457 e. The Labute approximate surface area is 174 Å². The fourth-order valence-electron chi connectivity index (χ4n) is 3.30. The maximum Gasteiger partial charge on any atom is 0.311 e. The molecule has 0 N–H and O–H groups in total. The Bertz CT molecular complexity index is 930. The van der Waals surface area contributed by atoms with Gasteiger partial charge in [0.25, 0.3) is 0 Å². The third-order valence-electron chi connectivity index (χ3n) is 4.96. The van der Waals surface area contributed by atoms with Gasteiger partial charge in [0, 0.05) is 5.56 Å². The van der Waals surface area contributed by atoms with Gasteiger partial charge in [0.2, 0.25) is 6.10 Å². The molecule has 6 heteroatoms. The molecule has 1 aliphatic rings. The summed E-state index contributed by atoms with van der Waals surface area (Å²) in [6.07, 6.45) is 0.615. The summed E-state index contributed by atoms with van der Waals surface area (Å²) in [6.45, 7) is 3.87. The Kier molecular flexibility index (Phi) is 5.98. The van der Waals surface area contributed by atoms with Crippen molar-refractivity contribution in [3.63, 3.8) is 0 Å². The number of para-hydroxylation sites is 1. The number of hydrogen-bond acceptors (Lipinski definition) is 4. The number of nitriles is 1. The second kappa shape index (κ2) is 8.26. The number of halogens is 2. The first-order valence-corrected chi connectivity index (χ1v) is 9.54. The average Bonchev–Trinajstić information content (AvgIpc) is 3.20. The molecule has 3 atom stereocenters. The quantitative estimate of drug-likeness (QED) is 0.528. The number of allylic oxidation sites excluding steroid dienone is 1. The molecule has 2 unspecified atom stereocenters. The zero-order valence-electron chi connectivity index (χ0n) is 15.4. The van der Waals surface area contributed by atoms with Crippen LogP contribution in [0.1, 0.15) is 25.5 Å². The molecule has 0 aromatic heterocycles. The summed E-state index contributed by atoms with van der Waals surface area (Å²) in [6, 6.07) is 18.3. The maximum atomic E-state index is 12.6. The van der Waals surface area contributed by atoms with Crippen LogP contribution in [0.2, 0.25) is 0 Å². The summed E-state index contributed by atoms with van der Waals surface area (Å²) in [7, 11) is 0. The molecular formula is C22H19Cl2NO3. The zero-order valence-corrected chi connectivity index (χ0v) is 16.9. The Hall–Kier alpha value is -2.48. The summed E-state index contributed by atoms with van der Waals surface area (Å²) in [5.41, 5.74) is 0.231. The first-order chi connectivity index (χ1) is 13.3. The van der Waals surface area contributed by atoms with Crippen molar-refractivity contribution in [1.29, 1.82) is 5.26 Å². The smallest absolute Gasteiger partial charge is 0.311 e. The SMILES string of the molecule is CC1(C)C(C=C(Cl)Cl)C1C(=O)O[C@H](C#N)c1cccc(Oc2ccccc2)c1. The number of benzene rings is 2. The number of esters is 1. The van der Waals surface area contributed by atoms with Crippen LogP contribution in [-0.2, 0) is 9.53 Å². The van der Waals surface area contributed by atoms with E-state index in [2.05, 4.69) is 0 Å². The van der Waals surface area contributed by atoms with Crippen molar-refractivity contribution in [2.75, 3.05) is 0 Å². The monoisotopic (exact) mass is 415 g/mol. The molecular weight excluding hydrogens is 397 g/mol. The molecule has 0 radical (unpaired) electrons. The molecule has 28 heavy (non-hydrogen) atoms. The van der Waals surface area contributed by atoms with E-state index in [1.807, 2.05) is 50.2 Å². The van der Waals surface area contributed by atoms with Crippen molar-refractivity contribution in [1.82, 2.24) is 0 Å². The normalized spacial score (nSPS) is 20.4. The molecule has 1 saturated carbocycles. The number of ether oxygens (including phenoxy) is 2. The molecule has 0 bridgehead atoms. The molecule has 144 valence electrons. The van der Waals surface area contributed by atoms with E-state index in [4.69, 9.17) is 32.7 Å². The lowest BCUT2D eigenvalue weighted by Gasteiger charge is -2.13. The van der Waals surface area contributed by atoms with E-state index >= 15 is 0 Å². The van der Waals surface area contributed by atoms with Gasteiger partial charge >= 0.3 is 5.97 Å². The fourth-order valence-corrected chi connectivity index (χ4v) is 3.57. The van der Waals surface area contributed by atoms with Crippen LogP contribution in [-0.4, -0.2) is 5.97 Å². The van der Waals surface area contributed by atoms with E-state index < -0.39 is 12.1 Å². The standard InChI is InChI=1S/C22H19Cl2NO3/c1-22(2)17(12-19(23)24)20(22)21(26)28-18(13-25)14-7-6-10-16(11-14)27-15-8-4-3-5-9-15/h3-12,17-18,20H,1-2H3/t17?,18-,20?/m1/s1. The van der Waals surface area contributed by atoms with Gasteiger partial charge in [-0.3, -0.25) is 4.79 Å². The summed E-state index contributed by atoms with van der Waals surface area (Å²) in [5.74, 6) is 0.289. The van der Waals surface area contributed by atoms with Crippen molar-refractivity contribution in [3.8, 4) is 17.6 Å². The molecule has 0 aliphatic heterocycles. The van der Waals surface area contributed by atoms with Gasteiger partial charge < -0.3 is 9.47 Å². The number of rotatable bonds is 6. The topological polar surface area (TPSA) is 59.3 Å². The van der Waals surface area contributed by atoms with Crippen molar-refractivity contribution < 1.29 is 14.3 Å². The second-order valence-electron chi connectivity index (χ2n) is 7.21. The molecule has 0 amide bonds. The fraction of sp³-hybridized carbons (Fsp3) is 0.273. The molecule has 0 heterocycles. The van der Waals surface area contributed by atoms with E-state index in [0.717, 1.165) is 0 Å². The predicted molar refractivity (Wildman–Crippen MR) is 108 cm³/mol. The highest BCUT2D eigenvalue weighted by Gasteiger charge is 2.62. The van der Waals surface area contributed by atoms with Crippen LogP contribution in [0.15, 0.2) is 65.2 Å². The van der Waals surface area contributed by atoms with E-state index in [-0.39, 0.29) is 21.7 Å². The molecule has 0 saturated heterocycles. The highest BCUT2D eigenvalue weighted by atomic mass is 35.5. The van der Waals surface area contributed by atoms with Gasteiger partial charge in [-0.15, -0.1) is 0 Å². The van der Waals surface area contributed by atoms with E-state index in [9.17, 15) is 10.1 Å². The Morgan fingerprint density at radius 3 is 2.46 bits per heavy atom. The number of carbonyl (C=O) groups excluding carboxylic acids is 1. The molecule has 1 fully saturated rings. The van der Waals surface area contributed by atoms with Gasteiger partial charge in [-0.25, -0.2) is 0 Å². The minimum Gasteiger partial charge on any atom is -0.457 e. The Morgan fingerprint density at radius 1 is 1.14 bits per heavy atom. The first-order valence-electron chi connectivity index (χ1n) is 8.78. The highest BCUT2D eigenvalue weighted by Crippen LogP contribution is 2.60. The van der Waals surface area contributed by atoms with Gasteiger partial charge in [-0.1, -0.05) is 67.4 Å². The zero-order chi connectivity index (χ0) is 20.3. The van der Waals surface area contributed by atoms with Crippen molar-refractivity contribution in [2.45, 2.75) is 20.0 Å². The van der Waals surface area contributed by atoms with E-state index in [1.165, 1.54) is 0 Å². The van der Waals surface area contributed by atoms with Gasteiger partial charge in [0.1, 0.15) is 22.1 Å². The third-order valence-corrected chi connectivity index (χ3v) is 5.21. The van der Waals surface area contributed by atoms with Gasteiger partial charge in [-0.05, 0) is 41.7 Å². The molecule has 3 rings (SSSR count). The van der Waals surface area contributed by atoms with Crippen LogP contribution in [0.5, 0.6) is 11.5 Å². The summed E-state index contributed by atoms with van der Waals surface area (Å²) in [5, 5.41) is 9.53. The number of nitrogens with zero attached hydrogens (tertiary/aromatic N) is 1. The van der Waals surface area contributed by atoms with Gasteiger partial charge in [0.15, 0.2) is 0 Å². The predicted octanol–water partition coefficient (Wildman–Crippen LogP) is 6.18. The number of carbonyl (C=O) groups is 1. The van der Waals surface area contributed by atoms with Crippen molar-refractivity contribution >= 4 is 29.2 Å². The lowest BCUT2D eigenvalue weighted by Crippen LogP contribution is -2.14. The van der Waals surface area contributed by atoms with Crippen LogP contribution in [0.3, 0.4) is 0 Å².